The molecule has 1 saturated carbocycles. The van der Waals surface area contributed by atoms with Crippen LogP contribution in [-0.4, -0.2) is 32.0 Å². The molecule has 0 bridgehead atoms. The first-order valence-corrected chi connectivity index (χ1v) is 11.9. The second-order valence-corrected chi connectivity index (χ2v) is 9.33. The third-order valence-corrected chi connectivity index (χ3v) is 6.63. The fraction of sp³-hybridized carbons (Fsp3) is 0.545. The second-order valence-electron chi connectivity index (χ2n) is 7.95. The summed E-state index contributed by atoms with van der Waals surface area (Å²) in [6.07, 6.45) is 6.52. The van der Waals surface area contributed by atoms with Crippen LogP contribution in [0, 0.1) is 17.2 Å². The third kappa shape index (κ3) is 5.77. The molecular formula is C22H28ClN5OS. The van der Waals surface area contributed by atoms with Gasteiger partial charge in [0, 0.05) is 17.1 Å². The lowest BCUT2D eigenvalue weighted by atomic mass is 9.98. The molecule has 1 atom stereocenters. The van der Waals surface area contributed by atoms with Crippen molar-refractivity contribution in [3.8, 4) is 17.5 Å². The van der Waals surface area contributed by atoms with Crippen LogP contribution in [0.15, 0.2) is 29.4 Å². The van der Waals surface area contributed by atoms with Crippen LogP contribution in [0.1, 0.15) is 52.4 Å². The summed E-state index contributed by atoms with van der Waals surface area (Å²) in [6.45, 7) is 4.80. The van der Waals surface area contributed by atoms with Crippen LogP contribution < -0.4 is 5.32 Å². The van der Waals surface area contributed by atoms with Crippen molar-refractivity contribution >= 4 is 29.3 Å². The molecular weight excluding hydrogens is 418 g/mol. The van der Waals surface area contributed by atoms with Crippen molar-refractivity contribution in [2.24, 2.45) is 5.92 Å². The zero-order valence-electron chi connectivity index (χ0n) is 17.5. The highest BCUT2D eigenvalue weighted by Crippen LogP contribution is 2.39. The molecule has 3 rings (SSSR count). The molecule has 0 saturated heterocycles. The topological polar surface area (TPSA) is 83.6 Å². The lowest BCUT2D eigenvalue weighted by Gasteiger charge is -2.22. The van der Waals surface area contributed by atoms with Crippen molar-refractivity contribution in [2.75, 3.05) is 5.75 Å². The summed E-state index contributed by atoms with van der Waals surface area (Å²) in [6, 6.07) is 9.82. The van der Waals surface area contributed by atoms with Gasteiger partial charge in [0.05, 0.1) is 11.8 Å². The van der Waals surface area contributed by atoms with Gasteiger partial charge in [-0.25, -0.2) is 0 Å². The number of nitrogens with one attached hydrogen (secondary N) is 1. The van der Waals surface area contributed by atoms with Gasteiger partial charge in [0.25, 0.3) is 0 Å². The molecule has 0 radical (unpaired) electrons. The van der Waals surface area contributed by atoms with Gasteiger partial charge in [-0.15, -0.1) is 10.2 Å². The number of halogens is 1. The number of hydrogen-bond donors (Lipinski definition) is 1. The van der Waals surface area contributed by atoms with Crippen molar-refractivity contribution in [1.29, 1.82) is 5.26 Å². The van der Waals surface area contributed by atoms with Gasteiger partial charge in [-0.1, -0.05) is 49.5 Å². The SMILES string of the molecule is CCCCCCn1c(SCC(=O)NC(C)(C#N)C2CC2)nnc1-c1ccc(Cl)cc1. The number of rotatable bonds is 11. The molecule has 160 valence electrons. The Bertz CT molecular complexity index is 903. The number of carbonyl (C=O) groups excluding carboxylic acids is 1. The molecule has 1 fully saturated rings. The first-order chi connectivity index (χ1) is 14.5. The van der Waals surface area contributed by atoms with Crippen LogP contribution in [-0.2, 0) is 11.3 Å². The van der Waals surface area contributed by atoms with Gasteiger partial charge in [0.2, 0.25) is 5.91 Å². The molecule has 0 spiro atoms. The van der Waals surface area contributed by atoms with Gasteiger partial charge in [-0.3, -0.25) is 4.79 Å². The minimum Gasteiger partial charge on any atom is -0.337 e. The first-order valence-electron chi connectivity index (χ1n) is 10.5. The van der Waals surface area contributed by atoms with Crippen molar-refractivity contribution < 1.29 is 4.79 Å². The van der Waals surface area contributed by atoms with Gasteiger partial charge < -0.3 is 9.88 Å². The Hall–Kier alpha value is -2.04. The largest absolute Gasteiger partial charge is 0.337 e. The zero-order valence-corrected chi connectivity index (χ0v) is 19.1. The molecule has 1 aromatic carbocycles. The Morgan fingerprint density at radius 3 is 2.67 bits per heavy atom. The van der Waals surface area contributed by atoms with Gasteiger partial charge in [-0.05, 0) is 56.4 Å². The monoisotopic (exact) mass is 445 g/mol. The van der Waals surface area contributed by atoms with Crippen LogP contribution >= 0.6 is 23.4 Å². The smallest absolute Gasteiger partial charge is 0.231 e. The van der Waals surface area contributed by atoms with E-state index in [2.05, 4.69) is 33.1 Å². The molecule has 8 heteroatoms. The quantitative estimate of drug-likeness (QED) is 0.385. The molecule has 1 unspecified atom stereocenters. The van der Waals surface area contributed by atoms with E-state index in [1.54, 1.807) is 0 Å². The summed E-state index contributed by atoms with van der Waals surface area (Å²) < 4.78 is 2.08. The first kappa shape index (κ1) is 22.6. The minimum absolute atomic E-state index is 0.149. The van der Waals surface area contributed by atoms with E-state index in [9.17, 15) is 10.1 Å². The van der Waals surface area contributed by atoms with Crippen molar-refractivity contribution in [1.82, 2.24) is 20.1 Å². The van der Waals surface area contributed by atoms with E-state index in [1.807, 2.05) is 31.2 Å². The Morgan fingerprint density at radius 1 is 1.30 bits per heavy atom. The van der Waals surface area contributed by atoms with Crippen molar-refractivity contribution in [3.63, 3.8) is 0 Å². The Kier molecular flexibility index (Phi) is 7.79. The number of unbranched alkanes of at least 4 members (excludes halogenated alkanes) is 3. The lowest BCUT2D eigenvalue weighted by molar-refractivity contribution is -0.119. The van der Waals surface area contributed by atoms with Crippen LogP contribution in [0.25, 0.3) is 11.4 Å². The van der Waals surface area contributed by atoms with E-state index < -0.39 is 5.54 Å². The normalized spacial score (nSPS) is 15.4. The average Bonchev–Trinajstić information content (AvgIpc) is 3.53. The number of hydrogen-bond acceptors (Lipinski definition) is 5. The zero-order chi connectivity index (χ0) is 21.6. The molecule has 1 aromatic heterocycles. The highest BCUT2D eigenvalue weighted by Gasteiger charge is 2.43. The molecule has 0 aliphatic heterocycles. The van der Waals surface area contributed by atoms with E-state index >= 15 is 0 Å². The van der Waals surface area contributed by atoms with Gasteiger partial charge in [-0.2, -0.15) is 5.26 Å². The van der Waals surface area contributed by atoms with E-state index in [0.717, 1.165) is 48.8 Å². The number of thioether (sulfide) groups is 1. The second kappa shape index (κ2) is 10.3. The van der Waals surface area contributed by atoms with Crippen LogP contribution in [0.5, 0.6) is 0 Å². The third-order valence-electron chi connectivity index (χ3n) is 5.41. The Balaban J connectivity index is 1.70. The predicted molar refractivity (Wildman–Crippen MR) is 120 cm³/mol. The standard InChI is InChI=1S/C22H28ClN5OS/c1-3-4-5-6-13-28-20(16-7-11-18(23)12-8-16)26-27-21(28)30-14-19(29)25-22(2,15-24)17-9-10-17/h7-8,11-12,17H,3-6,9-10,13-14H2,1-2H3,(H,25,29). The lowest BCUT2D eigenvalue weighted by Crippen LogP contribution is -2.47. The molecule has 1 amide bonds. The molecule has 2 aromatic rings. The Labute approximate surface area is 187 Å². The molecule has 1 aliphatic rings. The molecule has 1 heterocycles. The summed E-state index contributed by atoms with van der Waals surface area (Å²) in [7, 11) is 0. The number of carbonyl (C=O) groups is 1. The summed E-state index contributed by atoms with van der Waals surface area (Å²) in [4.78, 5) is 12.5. The predicted octanol–water partition coefficient (Wildman–Crippen LogP) is 5.08. The summed E-state index contributed by atoms with van der Waals surface area (Å²) in [5, 5.41) is 22.5. The van der Waals surface area contributed by atoms with Crippen molar-refractivity contribution in [3.05, 3.63) is 29.3 Å². The fourth-order valence-corrected chi connectivity index (χ4v) is 4.33. The number of nitrogens with zero attached hydrogens (tertiary/aromatic N) is 4. The summed E-state index contributed by atoms with van der Waals surface area (Å²) in [5.74, 6) is 1.10. The van der Waals surface area contributed by atoms with Gasteiger partial charge in [0.1, 0.15) is 5.54 Å². The number of nitriles is 1. The molecule has 30 heavy (non-hydrogen) atoms. The number of aromatic nitrogens is 3. The van der Waals surface area contributed by atoms with E-state index in [4.69, 9.17) is 11.6 Å². The fourth-order valence-electron chi connectivity index (χ4n) is 3.44. The number of amides is 1. The maximum absolute atomic E-state index is 12.5. The van der Waals surface area contributed by atoms with Crippen LogP contribution in [0.2, 0.25) is 5.02 Å². The highest BCUT2D eigenvalue weighted by atomic mass is 35.5. The van der Waals surface area contributed by atoms with E-state index in [1.165, 1.54) is 24.6 Å². The highest BCUT2D eigenvalue weighted by molar-refractivity contribution is 7.99. The van der Waals surface area contributed by atoms with Crippen LogP contribution in [0.3, 0.4) is 0 Å². The van der Waals surface area contributed by atoms with Gasteiger partial charge in [0.15, 0.2) is 11.0 Å². The summed E-state index contributed by atoms with van der Waals surface area (Å²) >= 11 is 7.39. The Morgan fingerprint density at radius 2 is 2.03 bits per heavy atom. The van der Waals surface area contributed by atoms with Gasteiger partial charge >= 0.3 is 0 Å². The van der Waals surface area contributed by atoms with Crippen LogP contribution in [0.4, 0.5) is 0 Å². The van der Waals surface area contributed by atoms with E-state index in [-0.39, 0.29) is 17.6 Å². The van der Waals surface area contributed by atoms with Crippen molar-refractivity contribution in [2.45, 2.75) is 69.6 Å². The summed E-state index contributed by atoms with van der Waals surface area (Å²) in [5.41, 5.74) is 0.171. The van der Waals surface area contributed by atoms with E-state index in [0.29, 0.717) is 5.02 Å². The minimum atomic E-state index is -0.778. The maximum atomic E-state index is 12.5. The number of benzene rings is 1. The molecule has 1 N–H and O–H groups in total. The average molecular weight is 446 g/mol. The molecule has 1 aliphatic carbocycles. The maximum Gasteiger partial charge on any atom is 0.231 e. The molecule has 6 nitrogen and oxygen atoms in total.